The normalized spacial score (nSPS) is 26.0. The number of hydrogen-bond donors (Lipinski definition) is 1. The van der Waals surface area contributed by atoms with E-state index in [9.17, 15) is 9.59 Å². The highest BCUT2D eigenvalue weighted by atomic mass is 16.7. The summed E-state index contributed by atoms with van der Waals surface area (Å²) in [7, 11) is 0. The molecule has 0 aromatic carbocycles. The van der Waals surface area contributed by atoms with Gasteiger partial charge in [-0.1, -0.05) is 6.92 Å². The quantitative estimate of drug-likeness (QED) is 0.628. The molecule has 0 bridgehead atoms. The van der Waals surface area contributed by atoms with E-state index in [1.54, 1.807) is 12.0 Å². The maximum atomic E-state index is 11.6. The Morgan fingerprint density at radius 2 is 1.74 bits per heavy atom. The molecule has 3 aliphatic rings. The maximum absolute atomic E-state index is 11.6. The summed E-state index contributed by atoms with van der Waals surface area (Å²) in [6, 6.07) is 0.680. The summed E-state index contributed by atoms with van der Waals surface area (Å²) in [5.74, 6) is -0.202. The van der Waals surface area contributed by atoms with Crippen LogP contribution in [0.4, 0.5) is 0 Å². The van der Waals surface area contributed by atoms with Gasteiger partial charge in [0.15, 0.2) is 12.5 Å². The van der Waals surface area contributed by atoms with Crippen molar-refractivity contribution in [3.63, 3.8) is 0 Å². The zero-order valence-electron chi connectivity index (χ0n) is 16.5. The Labute approximate surface area is 162 Å². The number of hydrogen-bond acceptors (Lipinski definition) is 8. The largest absolute Gasteiger partial charge is 0.368 e. The monoisotopic (exact) mass is 382 g/mol. The summed E-state index contributed by atoms with van der Waals surface area (Å²) in [6.45, 7) is 9.08. The molecule has 1 N–H and O–H groups in total. The molecule has 1 unspecified atom stereocenters. The van der Waals surface area contributed by atoms with E-state index in [1.807, 2.05) is 0 Å². The number of nitrogens with zero attached hydrogens (tertiary/aromatic N) is 3. The number of piperidine rings is 2. The third-order valence-corrected chi connectivity index (χ3v) is 5.90. The first kappa shape index (κ1) is 20.7. The Bertz CT molecular complexity index is 470. The number of rotatable bonds is 7. The average molecular weight is 383 g/mol. The molecule has 0 amide bonds. The first-order chi connectivity index (χ1) is 13.2. The molecule has 154 valence electrons. The topological polar surface area (TPSA) is 74.3 Å². The van der Waals surface area contributed by atoms with Gasteiger partial charge in [0.1, 0.15) is 0 Å². The number of carbonyl (C=O) groups excluding carboxylic acids is 2. The smallest absolute Gasteiger partial charge is 0.324 e. The lowest BCUT2D eigenvalue weighted by atomic mass is 10.0. The van der Waals surface area contributed by atoms with Crippen molar-refractivity contribution in [3.05, 3.63) is 0 Å². The van der Waals surface area contributed by atoms with Gasteiger partial charge in [-0.2, -0.15) is 0 Å². The van der Waals surface area contributed by atoms with Gasteiger partial charge >= 0.3 is 5.97 Å². The van der Waals surface area contributed by atoms with E-state index in [4.69, 9.17) is 9.57 Å². The molecular formula is C19H34N4O4. The number of carbonyl (C=O) groups is 2. The SMILES string of the molecule is CCC(=O)ON1CCC(OC(C=O)N2CCN(C3CCNCC3)CC2)CC1. The standard InChI is InChI=1S/C19H34N4O4/c1-2-19(25)27-23-9-5-17(6-10-23)26-18(15-24)22-13-11-21(12-14-22)16-3-7-20-8-4-16/h15-18,20H,2-14H2,1H3. The third-order valence-electron chi connectivity index (χ3n) is 5.90. The van der Waals surface area contributed by atoms with Crippen LogP contribution in [0.5, 0.6) is 0 Å². The number of ether oxygens (including phenoxy) is 1. The van der Waals surface area contributed by atoms with Gasteiger partial charge in [0.25, 0.3) is 0 Å². The van der Waals surface area contributed by atoms with Crippen molar-refractivity contribution >= 4 is 12.3 Å². The molecule has 3 rings (SSSR count). The highest BCUT2D eigenvalue weighted by molar-refractivity contribution is 5.68. The van der Waals surface area contributed by atoms with E-state index in [-0.39, 0.29) is 12.1 Å². The number of nitrogens with one attached hydrogen (secondary N) is 1. The molecular weight excluding hydrogens is 348 g/mol. The highest BCUT2D eigenvalue weighted by Crippen LogP contribution is 2.19. The molecule has 1 atom stereocenters. The predicted molar refractivity (Wildman–Crippen MR) is 101 cm³/mol. The van der Waals surface area contributed by atoms with Crippen molar-refractivity contribution in [3.8, 4) is 0 Å². The minimum Gasteiger partial charge on any atom is -0.368 e. The fraction of sp³-hybridized carbons (Fsp3) is 0.895. The number of aldehydes is 1. The maximum Gasteiger partial charge on any atom is 0.324 e. The van der Waals surface area contributed by atoms with E-state index in [1.165, 1.54) is 12.8 Å². The minimum atomic E-state index is -0.463. The van der Waals surface area contributed by atoms with Crippen LogP contribution in [-0.4, -0.2) is 97.9 Å². The Morgan fingerprint density at radius 1 is 1.07 bits per heavy atom. The Kier molecular flexibility index (Phi) is 8.02. The molecule has 27 heavy (non-hydrogen) atoms. The van der Waals surface area contributed by atoms with Crippen molar-refractivity contribution in [1.29, 1.82) is 0 Å². The van der Waals surface area contributed by atoms with Crippen LogP contribution in [0.25, 0.3) is 0 Å². The molecule has 8 nitrogen and oxygen atoms in total. The molecule has 0 radical (unpaired) electrons. The van der Waals surface area contributed by atoms with Gasteiger partial charge in [0, 0.05) is 51.7 Å². The summed E-state index contributed by atoms with van der Waals surface area (Å²) >= 11 is 0. The molecule has 0 spiro atoms. The molecule has 3 aliphatic heterocycles. The molecule has 0 aromatic rings. The van der Waals surface area contributed by atoms with Gasteiger partial charge in [-0.05, 0) is 38.8 Å². The number of piperazine rings is 1. The van der Waals surface area contributed by atoms with Crippen LogP contribution in [-0.2, 0) is 19.2 Å². The van der Waals surface area contributed by atoms with Crippen molar-refractivity contribution in [2.45, 2.75) is 57.4 Å². The van der Waals surface area contributed by atoms with Crippen molar-refractivity contribution in [2.24, 2.45) is 0 Å². The Morgan fingerprint density at radius 3 is 2.33 bits per heavy atom. The van der Waals surface area contributed by atoms with Crippen LogP contribution in [0.2, 0.25) is 0 Å². The van der Waals surface area contributed by atoms with E-state index in [0.29, 0.717) is 25.6 Å². The van der Waals surface area contributed by atoms with Crippen LogP contribution in [0.1, 0.15) is 39.0 Å². The summed E-state index contributed by atoms with van der Waals surface area (Å²) in [5.41, 5.74) is 0. The van der Waals surface area contributed by atoms with E-state index < -0.39 is 6.23 Å². The lowest BCUT2D eigenvalue weighted by Gasteiger charge is -2.43. The van der Waals surface area contributed by atoms with Crippen LogP contribution >= 0.6 is 0 Å². The first-order valence-electron chi connectivity index (χ1n) is 10.4. The molecule has 0 saturated carbocycles. The predicted octanol–water partition coefficient (Wildman–Crippen LogP) is 0.230. The second-order valence-electron chi connectivity index (χ2n) is 7.66. The van der Waals surface area contributed by atoms with Gasteiger partial charge in [-0.15, -0.1) is 5.06 Å². The zero-order chi connectivity index (χ0) is 19.1. The fourth-order valence-electron chi connectivity index (χ4n) is 4.20. The van der Waals surface area contributed by atoms with E-state index in [0.717, 1.165) is 58.4 Å². The van der Waals surface area contributed by atoms with Gasteiger partial charge < -0.3 is 14.9 Å². The van der Waals surface area contributed by atoms with Crippen LogP contribution in [0, 0.1) is 0 Å². The summed E-state index contributed by atoms with van der Waals surface area (Å²) in [6.07, 6.45) is 4.88. The lowest BCUT2D eigenvalue weighted by molar-refractivity contribution is -0.205. The van der Waals surface area contributed by atoms with Crippen LogP contribution in [0.3, 0.4) is 0 Å². The van der Waals surface area contributed by atoms with Crippen molar-refractivity contribution < 1.29 is 19.2 Å². The summed E-state index contributed by atoms with van der Waals surface area (Å²) < 4.78 is 6.10. The average Bonchev–Trinajstić information content (AvgIpc) is 2.74. The molecule has 0 aliphatic carbocycles. The van der Waals surface area contributed by atoms with E-state index >= 15 is 0 Å². The van der Waals surface area contributed by atoms with Crippen molar-refractivity contribution in [1.82, 2.24) is 20.2 Å². The molecule has 8 heteroatoms. The fourth-order valence-corrected chi connectivity index (χ4v) is 4.20. The Balaban J connectivity index is 1.39. The zero-order valence-corrected chi connectivity index (χ0v) is 16.5. The Hall–Kier alpha value is -1.06. The first-order valence-corrected chi connectivity index (χ1v) is 10.4. The molecule has 3 saturated heterocycles. The minimum absolute atomic E-state index is 0.0410. The van der Waals surface area contributed by atoms with Gasteiger partial charge in [-0.25, -0.2) is 0 Å². The highest BCUT2D eigenvalue weighted by Gasteiger charge is 2.31. The molecule has 0 aromatic heterocycles. The summed E-state index contributed by atoms with van der Waals surface area (Å²) in [4.78, 5) is 33.0. The van der Waals surface area contributed by atoms with E-state index in [2.05, 4.69) is 15.1 Å². The van der Waals surface area contributed by atoms with Crippen LogP contribution < -0.4 is 5.32 Å². The van der Waals surface area contributed by atoms with Gasteiger partial charge in [0.05, 0.1) is 6.10 Å². The van der Waals surface area contributed by atoms with Gasteiger partial charge in [-0.3, -0.25) is 19.4 Å². The third kappa shape index (κ3) is 5.96. The van der Waals surface area contributed by atoms with Crippen molar-refractivity contribution in [2.75, 3.05) is 52.4 Å². The van der Waals surface area contributed by atoms with Gasteiger partial charge in [0.2, 0.25) is 0 Å². The van der Waals surface area contributed by atoms with Crippen LogP contribution in [0.15, 0.2) is 0 Å². The lowest BCUT2D eigenvalue weighted by Crippen LogP contribution is -2.56. The molecule has 3 heterocycles. The second kappa shape index (κ2) is 10.5. The summed E-state index contributed by atoms with van der Waals surface area (Å²) in [5, 5.41) is 5.13. The number of hydroxylamine groups is 2. The second-order valence-corrected chi connectivity index (χ2v) is 7.66. The molecule has 3 fully saturated rings.